The average molecular weight is 639 g/mol. The molecule has 0 radical (unpaired) electrons. The van der Waals surface area contributed by atoms with E-state index in [-0.39, 0.29) is 0 Å². The van der Waals surface area contributed by atoms with Crippen LogP contribution in [0.1, 0.15) is 127 Å². The third-order valence-corrected chi connectivity index (χ3v) is 5.51. The fraction of sp³-hybridized carbons (Fsp3) is 0.760. The lowest BCUT2D eigenvalue weighted by Crippen LogP contribution is -2.03. The molecule has 0 spiro atoms. The Morgan fingerprint density at radius 3 is 1.23 bits per heavy atom. The number of hydrogen-bond donors (Lipinski definition) is 9. The zero-order valence-corrected chi connectivity index (χ0v) is 27.0. The molecule has 0 unspecified atom stereocenters. The van der Waals surface area contributed by atoms with Crippen LogP contribution in [0.15, 0.2) is 18.2 Å². The summed E-state index contributed by atoms with van der Waals surface area (Å²) in [5.41, 5.74) is 4.95. The summed E-state index contributed by atoms with van der Waals surface area (Å²) >= 11 is 0. The Hall–Kier alpha value is -0.450. The quantitative estimate of drug-likeness (QED) is 0.0815. The van der Waals surface area contributed by atoms with E-state index in [1.54, 1.807) is 16.7 Å². The Balaban J connectivity index is -0.000000744. The predicted molar refractivity (Wildman–Crippen MR) is 157 cm³/mol. The second-order valence-corrected chi connectivity index (χ2v) is 12.8. The second-order valence-electron chi connectivity index (χ2n) is 9.71. The van der Waals surface area contributed by atoms with Gasteiger partial charge >= 0.3 is 23.5 Å². The molecule has 0 atom stereocenters. The van der Waals surface area contributed by atoms with Gasteiger partial charge in [0.05, 0.1) is 0 Å². The van der Waals surface area contributed by atoms with E-state index in [0.717, 1.165) is 0 Å². The van der Waals surface area contributed by atoms with Crippen LogP contribution in [0.5, 0.6) is 0 Å². The number of unbranched alkanes of at least 4 members (excludes halogenated alkanes) is 10. The van der Waals surface area contributed by atoms with Gasteiger partial charge in [-0.15, -0.1) is 0 Å². The summed E-state index contributed by atoms with van der Waals surface area (Å²) in [6.45, 7) is 9.31. The summed E-state index contributed by atoms with van der Waals surface area (Å²) in [5.74, 6) is 0.652. The summed E-state index contributed by atoms with van der Waals surface area (Å²) in [4.78, 5) is 64.7. The summed E-state index contributed by atoms with van der Waals surface area (Å²) < 4.78 is 26.6. The van der Waals surface area contributed by atoms with Crippen molar-refractivity contribution >= 4 is 23.5 Å². The molecule has 0 amide bonds. The molecule has 0 saturated heterocycles. The molecule has 0 fully saturated rings. The number of benzene rings is 1. The normalized spacial score (nSPS) is 11.6. The Kier molecular flexibility index (Phi) is 27.6. The van der Waals surface area contributed by atoms with E-state index in [1.165, 1.54) is 89.9 Å². The van der Waals surface area contributed by atoms with Crippen molar-refractivity contribution in [1.29, 1.82) is 0 Å². The molecule has 1 rings (SSSR count). The van der Waals surface area contributed by atoms with Crippen molar-refractivity contribution in [2.24, 2.45) is 0 Å². The molecular weight excluding hydrogens is 585 g/mol. The van der Waals surface area contributed by atoms with Crippen LogP contribution in [0.2, 0.25) is 0 Å². The van der Waals surface area contributed by atoms with Crippen molar-refractivity contribution < 1.29 is 57.7 Å². The number of aryl methyl sites for hydroxylation is 1. The van der Waals surface area contributed by atoms with Gasteiger partial charge < -0.3 is 44.0 Å². The third kappa shape index (κ3) is 44.6. The first-order valence-corrected chi connectivity index (χ1v) is 18.4. The first kappa shape index (κ1) is 44.0. The van der Waals surface area contributed by atoms with Crippen LogP contribution in [-0.2, 0) is 26.5 Å². The minimum Gasteiger partial charge on any atom is -0.303 e. The molecule has 0 saturated carbocycles. The van der Waals surface area contributed by atoms with Crippen molar-refractivity contribution in [2.45, 2.75) is 124 Å². The molecule has 40 heavy (non-hydrogen) atoms. The van der Waals surface area contributed by atoms with Gasteiger partial charge in [-0.2, -0.15) is 0 Å². The lowest BCUT2D eigenvalue weighted by Gasteiger charge is -2.18. The zero-order valence-electron chi connectivity index (χ0n) is 24.3. The van der Waals surface area contributed by atoms with Gasteiger partial charge in [0, 0.05) is 0 Å². The first-order valence-electron chi connectivity index (χ1n) is 13.7. The highest BCUT2D eigenvalue weighted by Crippen LogP contribution is 2.28. The highest BCUT2D eigenvalue weighted by molar-refractivity contribution is 7.45. The number of hydrogen-bond acceptors (Lipinski definition) is 3. The summed E-state index contributed by atoms with van der Waals surface area (Å²) in [6.07, 6.45) is 19.3. The van der Waals surface area contributed by atoms with Crippen molar-refractivity contribution in [1.82, 2.24) is 0 Å². The van der Waals surface area contributed by atoms with Crippen molar-refractivity contribution in [2.75, 3.05) is 0 Å². The van der Waals surface area contributed by atoms with Gasteiger partial charge in [0.15, 0.2) is 0 Å². The van der Waals surface area contributed by atoms with Crippen LogP contribution < -0.4 is 0 Å². The van der Waals surface area contributed by atoms with Crippen LogP contribution in [0.3, 0.4) is 0 Å². The van der Waals surface area contributed by atoms with Crippen LogP contribution >= 0.6 is 23.5 Å². The lowest BCUT2D eigenvalue weighted by molar-refractivity contribution is 0.272. The smallest absolute Gasteiger partial charge is 0.303 e. The molecule has 0 aliphatic rings. The maximum atomic E-state index is 8.88. The monoisotopic (exact) mass is 638 g/mol. The first-order chi connectivity index (χ1) is 18.2. The molecule has 12 nitrogen and oxygen atoms in total. The van der Waals surface area contributed by atoms with E-state index < -0.39 is 23.5 Å². The van der Waals surface area contributed by atoms with Gasteiger partial charge in [-0.1, -0.05) is 110 Å². The Bertz CT molecular complexity index is 805. The van der Waals surface area contributed by atoms with Crippen LogP contribution in [0, 0.1) is 0 Å². The molecule has 0 aliphatic heterocycles. The Morgan fingerprint density at radius 1 is 0.550 bits per heavy atom. The molecule has 9 N–H and O–H groups in total. The van der Waals surface area contributed by atoms with Gasteiger partial charge in [-0.3, -0.25) is 0 Å². The molecule has 0 heterocycles. The maximum Gasteiger partial charge on any atom is 0.466 e. The van der Waals surface area contributed by atoms with E-state index in [9.17, 15) is 0 Å². The molecule has 0 aliphatic carbocycles. The maximum absolute atomic E-state index is 8.88. The zero-order chi connectivity index (χ0) is 31.8. The van der Waals surface area contributed by atoms with Crippen LogP contribution in [0.25, 0.3) is 0 Å². The van der Waals surface area contributed by atoms with E-state index in [2.05, 4.69) is 45.9 Å². The van der Waals surface area contributed by atoms with E-state index in [4.69, 9.17) is 57.7 Å². The minimum atomic E-state index is -4.64. The van der Waals surface area contributed by atoms with E-state index in [0.29, 0.717) is 5.92 Å². The predicted octanol–water partition coefficient (Wildman–Crippen LogP) is 5.83. The summed E-state index contributed by atoms with van der Waals surface area (Å²) in [7, 11) is -13.9. The number of phosphoric acid groups is 3. The van der Waals surface area contributed by atoms with Gasteiger partial charge in [0.2, 0.25) is 0 Å². The molecule has 0 aromatic heterocycles. The minimum absolute atomic E-state index is 0.652. The second kappa shape index (κ2) is 25.1. The molecular formula is C25H53O12P3. The summed E-state index contributed by atoms with van der Waals surface area (Å²) in [6, 6.07) is 7.08. The SMILES string of the molecule is CCCCCCCCc1cccc(C(C)C)c1CCCCCCCC.O=P(O)(O)O.O=P(O)(O)O.O=P(O)(O)O. The highest BCUT2D eigenvalue weighted by atomic mass is 31.2. The van der Waals surface area contributed by atoms with E-state index in [1.807, 2.05) is 0 Å². The Morgan fingerprint density at radius 2 is 0.875 bits per heavy atom. The highest BCUT2D eigenvalue weighted by Gasteiger charge is 2.11. The standard InChI is InChI=1S/C25H44.3H3O4P/c1-5-7-9-11-13-15-18-23-19-17-21-24(22(3)4)25(23)20-16-14-12-10-8-6-2;3*1-5(2,3)4/h17,19,21-22H,5-16,18,20H2,1-4H3;3*(H3,1,2,3,4). The van der Waals surface area contributed by atoms with Crippen molar-refractivity contribution in [3.8, 4) is 0 Å². The third-order valence-electron chi connectivity index (χ3n) is 5.51. The fourth-order valence-corrected chi connectivity index (χ4v) is 3.91. The van der Waals surface area contributed by atoms with Crippen molar-refractivity contribution in [3.63, 3.8) is 0 Å². The van der Waals surface area contributed by atoms with Crippen molar-refractivity contribution in [3.05, 3.63) is 34.9 Å². The van der Waals surface area contributed by atoms with Gasteiger partial charge in [-0.05, 0) is 48.3 Å². The van der Waals surface area contributed by atoms with Gasteiger partial charge in [0.25, 0.3) is 0 Å². The molecule has 0 bridgehead atoms. The van der Waals surface area contributed by atoms with Gasteiger partial charge in [-0.25, -0.2) is 13.7 Å². The fourth-order valence-electron chi connectivity index (χ4n) is 3.91. The summed E-state index contributed by atoms with van der Waals surface area (Å²) in [5, 5.41) is 0. The molecule has 1 aromatic rings. The molecule has 15 heteroatoms. The topological polar surface area (TPSA) is 233 Å². The molecule has 240 valence electrons. The lowest BCUT2D eigenvalue weighted by atomic mass is 9.88. The largest absolute Gasteiger partial charge is 0.466 e. The Labute approximate surface area is 239 Å². The van der Waals surface area contributed by atoms with Gasteiger partial charge in [0.1, 0.15) is 0 Å². The van der Waals surface area contributed by atoms with Crippen LogP contribution in [-0.4, -0.2) is 44.0 Å². The number of rotatable bonds is 15. The van der Waals surface area contributed by atoms with Crippen LogP contribution in [0.4, 0.5) is 0 Å². The molecule has 1 aromatic carbocycles. The van der Waals surface area contributed by atoms with E-state index >= 15 is 0 Å². The average Bonchev–Trinajstić information content (AvgIpc) is 2.75.